The normalized spacial score (nSPS) is 11.1. The van der Waals surface area contributed by atoms with Gasteiger partial charge in [-0.1, -0.05) is 6.07 Å². The average Bonchev–Trinajstić information content (AvgIpc) is 2.90. The molecular weight excluding hydrogens is 481 g/mol. The maximum absolute atomic E-state index is 14.0. The molecular formula is C27H28FN3O6. The van der Waals surface area contributed by atoms with Crippen LogP contribution in [0.3, 0.4) is 0 Å². The van der Waals surface area contributed by atoms with Crippen molar-refractivity contribution in [3.63, 3.8) is 0 Å². The van der Waals surface area contributed by atoms with Gasteiger partial charge >= 0.3 is 5.69 Å². The van der Waals surface area contributed by atoms with E-state index in [0.717, 1.165) is 4.57 Å². The van der Waals surface area contributed by atoms with Gasteiger partial charge in [0.1, 0.15) is 36.2 Å². The lowest BCUT2D eigenvalue weighted by Gasteiger charge is -2.17. The Labute approximate surface area is 212 Å². The number of methoxy groups -OCH3 is 2. The lowest BCUT2D eigenvalue weighted by atomic mass is 10.1. The van der Waals surface area contributed by atoms with Crippen molar-refractivity contribution < 1.29 is 23.3 Å². The van der Waals surface area contributed by atoms with Gasteiger partial charge in [0.15, 0.2) is 0 Å². The van der Waals surface area contributed by atoms with Crippen LogP contribution in [-0.2, 0) is 22.6 Å². The fourth-order valence-corrected chi connectivity index (χ4v) is 3.89. The van der Waals surface area contributed by atoms with Crippen LogP contribution in [0.25, 0.3) is 16.6 Å². The summed E-state index contributed by atoms with van der Waals surface area (Å²) in [5.74, 6) is 0.398. The first-order valence-corrected chi connectivity index (χ1v) is 11.7. The number of hydrogen-bond donors (Lipinski definition) is 0. The quantitative estimate of drug-likeness (QED) is 0.287. The molecule has 0 aliphatic rings. The van der Waals surface area contributed by atoms with Crippen LogP contribution in [0.15, 0.2) is 64.3 Å². The largest absolute Gasteiger partial charge is 0.491 e. The second-order valence-electron chi connectivity index (χ2n) is 8.26. The van der Waals surface area contributed by atoms with Crippen molar-refractivity contribution in [1.29, 1.82) is 0 Å². The van der Waals surface area contributed by atoms with Crippen LogP contribution in [0.5, 0.6) is 11.5 Å². The minimum absolute atomic E-state index is 0.105. The fraction of sp³-hybridized carbons (Fsp3) is 0.296. The summed E-state index contributed by atoms with van der Waals surface area (Å²) in [6.45, 7) is 2.91. The van der Waals surface area contributed by atoms with E-state index < -0.39 is 17.1 Å². The molecule has 2 heterocycles. The molecule has 0 aliphatic carbocycles. The predicted octanol–water partition coefficient (Wildman–Crippen LogP) is 3.25. The Morgan fingerprint density at radius 2 is 1.68 bits per heavy atom. The second-order valence-corrected chi connectivity index (χ2v) is 8.26. The molecule has 0 atom stereocenters. The molecule has 4 rings (SSSR count). The summed E-state index contributed by atoms with van der Waals surface area (Å²) in [7, 11) is 3.12. The van der Waals surface area contributed by atoms with Gasteiger partial charge in [-0.3, -0.25) is 14.3 Å². The first kappa shape index (κ1) is 26.1. The summed E-state index contributed by atoms with van der Waals surface area (Å²) in [4.78, 5) is 31.3. The summed E-state index contributed by atoms with van der Waals surface area (Å²) >= 11 is 0. The number of pyridine rings is 1. The number of nitrogens with zero attached hydrogens (tertiary/aromatic N) is 3. The van der Waals surface area contributed by atoms with Gasteiger partial charge in [0, 0.05) is 32.5 Å². The third-order valence-electron chi connectivity index (χ3n) is 5.82. The smallest absolute Gasteiger partial charge is 0.336 e. The van der Waals surface area contributed by atoms with Gasteiger partial charge in [0.2, 0.25) is 0 Å². The molecule has 0 spiro atoms. The number of aryl methyl sites for hydroxylation is 1. The highest BCUT2D eigenvalue weighted by atomic mass is 19.1. The number of halogens is 1. The van der Waals surface area contributed by atoms with E-state index in [-0.39, 0.29) is 25.5 Å². The molecule has 37 heavy (non-hydrogen) atoms. The van der Waals surface area contributed by atoms with Crippen molar-refractivity contribution in [1.82, 2.24) is 14.1 Å². The molecule has 0 fully saturated rings. The van der Waals surface area contributed by atoms with Gasteiger partial charge < -0.3 is 18.9 Å². The number of fused-ring (bicyclic) bond motifs is 1. The molecule has 9 nitrogen and oxygen atoms in total. The highest BCUT2D eigenvalue weighted by Gasteiger charge is 2.17. The third kappa shape index (κ3) is 5.71. The Bertz CT molecular complexity index is 1510. The van der Waals surface area contributed by atoms with Gasteiger partial charge in [-0.25, -0.2) is 13.8 Å². The Kier molecular flexibility index (Phi) is 8.32. The van der Waals surface area contributed by atoms with E-state index in [1.807, 2.05) is 0 Å². The summed E-state index contributed by atoms with van der Waals surface area (Å²) in [5.41, 5.74) is 0.634. The van der Waals surface area contributed by atoms with Crippen molar-refractivity contribution >= 4 is 10.9 Å². The summed E-state index contributed by atoms with van der Waals surface area (Å²) < 4.78 is 38.2. The minimum Gasteiger partial charge on any atom is -0.491 e. The van der Waals surface area contributed by atoms with Crippen molar-refractivity contribution in [2.45, 2.75) is 20.1 Å². The molecule has 0 radical (unpaired) electrons. The van der Waals surface area contributed by atoms with Gasteiger partial charge in [-0.05, 0) is 42.8 Å². The van der Waals surface area contributed by atoms with E-state index in [4.69, 9.17) is 18.9 Å². The van der Waals surface area contributed by atoms with E-state index in [1.165, 1.54) is 30.0 Å². The number of ether oxygens (including phenoxy) is 4. The van der Waals surface area contributed by atoms with E-state index in [1.54, 1.807) is 50.4 Å². The van der Waals surface area contributed by atoms with Crippen LogP contribution in [0, 0.1) is 12.7 Å². The lowest BCUT2D eigenvalue weighted by molar-refractivity contribution is 0.146. The molecule has 0 amide bonds. The zero-order valence-electron chi connectivity index (χ0n) is 20.9. The van der Waals surface area contributed by atoms with Gasteiger partial charge in [-0.2, -0.15) is 0 Å². The van der Waals surface area contributed by atoms with Crippen LogP contribution in [0.1, 0.15) is 11.3 Å². The molecule has 194 valence electrons. The van der Waals surface area contributed by atoms with Crippen molar-refractivity contribution in [3.05, 3.63) is 92.6 Å². The fourth-order valence-electron chi connectivity index (χ4n) is 3.89. The monoisotopic (exact) mass is 509 g/mol. The zero-order chi connectivity index (χ0) is 26.4. The molecule has 0 bridgehead atoms. The van der Waals surface area contributed by atoms with E-state index in [9.17, 15) is 14.0 Å². The summed E-state index contributed by atoms with van der Waals surface area (Å²) in [6, 6.07) is 12.8. The molecule has 2 aromatic heterocycles. The van der Waals surface area contributed by atoms with Gasteiger partial charge in [-0.15, -0.1) is 0 Å². The molecule has 4 aromatic rings. The molecule has 0 saturated heterocycles. The van der Waals surface area contributed by atoms with E-state index >= 15 is 0 Å². The van der Waals surface area contributed by atoms with Crippen LogP contribution in [0.4, 0.5) is 4.39 Å². The SMILES string of the molecule is COCCOc1ccc2c(=O)n(-c3cc(OCc4ncccc4F)ccc3C)c(=O)n(CCOC)c2c1. The summed E-state index contributed by atoms with van der Waals surface area (Å²) in [6.07, 6.45) is 1.48. The van der Waals surface area contributed by atoms with E-state index in [2.05, 4.69) is 4.98 Å². The topological polar surface area (TPSA) is 93.8 Å². The lowest BCUT2D eigenvalue weighted by Crippen LogP contribution is -2.40. The molecule has 0 N–H and O–H groups in total. The van der Waals surface area contributed by atoms with Gasteiger partial charge in [0.25, 0.3) is 5.56 Å². The Morgan fingerprint density at radius 3 is 2.43 bits per heavy atom. The number of benzene rings is 2. The molecule has 0 unspecified atom stereocenters. The van der Waals surface area contributed by atoms with Crippen LogP contribution in [0.2, 0.25) is 0 Å². The highest BCUT2D eigenvalue weighted by Crippen LogP contribution is 2.23. The molecule has 0 aliphatic heterocycles. The number of aromatic nitrogens is 3. The van der Waals surface area contributed by atoms with Crippen molar-refractivity contribution in [2.24, 2.45) is 0 Å². The third-order valence-corrected chi connectivity index (χ3v) is 5.82. The minimum atomic E-state index is -0.528. The number of rotatable bonds is 11. The number of hydrogen-bond acceptors (Lipinski definition) is 7. The first-order valence-electron chi connectivity index (χ1n) is 11.7. The second kappa shape index (κ2) is 11.8. The first-order chi connectivity index (χ1) is 17.9. The Balaban J connectivity index is 1.79. The standard InChI is InChI=1S/C27H28FN3O6/c1-18-6-7-20(37-17-23-22(28)5-4-10-29-23)15-24(18)31-26(32)21-9-8-19(36-14-13-35-3)16-25(21)30(27(31)33)11-12-34-2/h4-10,15-16H,11-14,17H2,1-3H3. The molecule has 10 heteroatoms. The molecule has 2 aromatic carbocycles. The predicted molar refractivity (Wildman–Crippen MR) is 136 cm³/mol. The summed E-state index contributed by atoms with van der Waals surface area (Å²) in [5, 5.41) is 0.344. The van der Waals surface area contributed by atoms with Crippen LogP contribution >= 0.6 is 0 Å². The Morgan fingerprint density at radius 1 is 0.919 bits per heavy atom. The van der Waals surface area contributed by atoms with Crippen LogP contribution in [-0.4, -0.2) is 48.2 Å². The zero-order valence-corrected chi connectivity index (χ0v) is 20.9. The maximum Gasteiger partial charge on any atom is 0.336 e. The average molecular weight is 510 g/mol. The van der Waals surface area contributed by atoms with Crippen molar-refractivity contribution in [3.8, 4) is 17.2 Å². The highest BCUT2D eigenvalue weighted by molar-refractivity contribution is 5.80. The Hall–Kier alpha value is -4.02. The van der Waals surface area contributed by atoms with E-state index in [0.29, 0.717) is 46.9 Å². The van der Waals surface area contributed by atoms with Crippen molar-refractivity contribution in [2.75, 3.05) is 34.0 Å². The maximum atomic E-state index is 14.0. The van der Waals surface area contributed by atoms with Gasteiger partial charge in [0.05, 0.1) is 36.3 Å². The molecule has 0 saturated carbocycles. The van der Waals surface area contributed by atoms with Crippen LogP contribution < -0.4 is 20.7 Å².